The van der Waals surface area contributed by atoms with Crippen molar-refractivity contribution in [2.24, 2.45) is 14.1 Å². The minimum Gasteiger partial charge on any atom is -0.390 e. The molecule has 5 heterocycles. The molecule has 0 spiro atoms. The second-order valence-electron chi connectivity index (χ2n) is 13.9. The van der Waals surface area contributed by atoms with Crippen LogP contribution in [0.25, 0.3) is 21.9 Å². The summed E-state index contributed by atoms with van der Waals surface area (Å²) in [5.41, 5.74) is 1.85. The fourth-order valence-electron chi connectivity index (χ4n) is 6.61. The number of anilines is 5. The Balaban J connectivity index is 1.06. The van der Waals surface area contributed by atoms with E-state index in [1.807, 2.05) is 0 Å². The van der Waals surface area contributed by atoms with E-state index in [1.54, 1.807) is 73.6 Å². The number of nitrogens with one attached hydrogen (secondary N) is 3. The van der Waals surface area contributed by atoms with Gasteiger partial charge in [-0.25, -0.2) is 23.4 Å². The van der Waals surface area contributed by atoms with Crippen LogP contribution < -0.4 is 31.4 Å². The number of imide groups is 1. The third kappa shape index (κ3) is 6.72. The molecule has 4 N–H and O–H groups in total. The van der Waals surface area contributed by atoms with Crippen molar-refractivity contribution < 1.29 is 23.5 Å². The lowest BCUT2D eigenvalue weighted by atomic mass is 10.0. The zero-order chi connectivity index (χ0) is 37.1. The summed E-state index contributed by atoms with van der Waals surface area (Å²) in [5.74, 6) is -2.85. The van der Waals surface area contributed by atoms with Crippen molar-refractivity contribution in [1.82, 2.24) is 34.2 Å². The summed E-state index contributed by atoms with van der Waals surface area (Å²) in [6.07, 6.45) is 1.95. The van der Waals surface area contributed by atoms with E-state index in [9.17, 15) is 19.5 Å². The van der Waals surface area contributed by atoms with Gasteiger partial charge < -0.3 is 20.6 Å². The van der Waals surface area contributed by atoms with E-state index in [0.717, 1.165) is 0 Å². The molecule has 2 aromatic carbocycles. The molecule has 18 heteroatoms. The normalized spacial score (nSPS) is 18.0. The van der Waals surface area contributed by atoms with Gasteiger partial charge in [0.25, 0.3) is 5.92 Å². The third-order valence-electron chi connectivity index (χ3n) is 9.45. The molecule has 7 rings (SSSR count). The first kappa shape index (κ1) is 35.1. The molecule has 1 unspecified atom stereocenters. The number of hydrogen-bond acceptors (Lipinski definition) is 10. The molecule has 3 amide bonds. The number of nitrogens with zero attached hydrogens (tertiary/aromatic N) is 8. The van der Waals surface area contributed by atoms with Crippen molar-refractivity contribution in [1.29, 1.82) is 0 Å². The SMILES string of the molecule is Cn1nc(N2CCC(=O)NC2=O)c2ccc(NC3CCN(c4ncc(Cl)c(Nc5ccc6c(c5)n(CCC(C)(C)O)c(=O)n6C)n4)CC3(F)F)cc21. The summed E-state index contributed by atoms with van der Waals surface area (Å²) in [4.78, 5) is 48.6. The average molecular weight is 738 g/mol. The van der Waals surface area contributed by atoms with Gasteiger partial charge in [-0.3, -0.25) is 28.8 Å². The average Bonchev–Trinajstić information content (AvgIpc) is 3.52. The molecule has 3 aromatic heterocycles. The molecule has 1 atom stereocenters. The van der Waals surface area contributed by atoms with E-state index in [4.69, 9.17) is 11.6 Å². The Hall–Kier alpha value is -5.29. The van der Waals surface area contributed by atoms with E-state index in [0.29, 0.717) is 52.1 Å². The quantitative estimate of drug-likeness (QED) is 0.171. The van der Waals surface area contributed by atoms with Crippen LogP contribution in [0.3, 0.4) is 0 Å². The van der Waals surface area contributed by atoms with Gasteiger partial charge in [-0.05, 0) is 63.1 Å². The van der Waals surface area contributed by atoms with Gasteiger partial charge in [0.2, 0.25) is 11.9 Å². The molecule has 15 nitrogen and oxygen atoms in total. The summed E-state index contributed by atoms with van der Waals surface area (Å²) in [5, 5.41) is 24.0. The molecular weight excluding hydrogens is 700 g/mol. The largest absolute Gasteiger partial charge is 0.390 e. The van der Waals surface area contributed by atoms with Gasteiger partial charge >= 0.3 is 11.7 Å². The summed E-state index contributed by atoms with van der Waals surface area (Å²) < 4.78 is 36.2. The van der Waals surface area contributed by atoms with Crippen molar-refractivity contribution in [3.63, 3.8) is 0 Å². The number of alkyl halides is 2. The smallest absolute Gasteiger partial charge is 0.329 e. The van der Waals surface area contributed by atoms with Gasteiger partial charge in [0, 0.05) is 56.9 Å². The minimum absolute atomic E-state index is 0.0747. The maximum Gasteiger partial charge on any atom is 0.329 e. The highest BCUT2D eigenvalue weighted by Gasteiger charge is 2.45. The Labute approximate surface area is 301 Å². The summed E-state index contributed by atoms with van der Waals surface area (Å²) in [7, 11) is 3.38. The van der Waals surface area contributed by atoms with Crippen LogP contribution in [0.4, 0.5) is 42.5 Å². The summed E-state index contributed by atoms with van der Waals surface area (Å²) >= 11 is 6.45. The van der Waals surface area contributed by atoms with Crippen LogP contribution in [0.2, 0.25) is 5.02 Å². The van der Waals surface area contributed by atoms with Crippen LogP contribution in [-0.4, -0.2) is 83.1 Å². The van der Waals surface area contributed by atoms with Crippen molar-refractivity contribution in [3.8, 4) is 0 Å². The van der Waals surface area contributed by atoms with E-state index in [1.165, 1.54) is 20.6 Å². The molecule has 2 saturated heterocycles. The number of fused-ring (bicyclic) bond motifs is 2. The van der Waals surface area contributed by atoms with Crippen molar-refractivity contribution >= 4 is 74.4 Å². The van der Waals surface area contributed by atoms with Gasteiger partial charge in [0.05, 0.1) is 40.9 Å². The first-order valence-corrected chi connectivity index (χ1v) is 17.1. The fraction of sp³-hybridized carbons (Fsp3) is 0.412. The van der Waals surface area contributed by atoms with Crippen molar-refractivity contribution in [2.75, 3.05) is 40.1 Å². The molecule has 274 valence electrons. The number of halogens is 3. The lowest BCUT2D eigenvalue weighted by Gasteiger charge is -2.39. The first-order valence-electron chi connectivity index (χ1n) is 16.8. The number of piperidine rings is 1. The lowest BCUT2D eigenvalue weighted by Crippen LogP contribution is -2.55. The highest BCUT2D eigenvalue weighted by Crippen LogP contribution is 2.35. The van der Waals surface area contributed by atoms with Gasteiger partial charge in [-0.15, -0.1) is 0 Å². The molecule has 0 bridgehead atoms. The number of rotatable bonds is 9. The van der Waals surface area contributed by atoms with Crippen LogP contribution >= 0.6 is 11.6 Å². The van der Waals surface area contributed by atoms with Crippen LogP contribution in [0.1, 0.15) is 33.1 Å². The number of aromatic nitrogens is 6. The number of imidazole rings is 1. The molecule has 5 aromatic rings. The Morgan fingerprint density at radius 1 is 1.06 bits per heavy atom. The summed E-state index contributed by atoms with van der Waals surface area (Å²) in [6, 6.07) is 8.68. The summed E-state index contributed by atoms with van der Waals surface area (Å²) in [6.45, 7) is 3.46. The monoisotopic (exact) mass is 737 g/mol. The number of urea groups is 1. The topological polar surface area (TPSA) is 167 Å². The number of carbonyl (C=O) groups is 2. The molecule has 0 aliphatic carbocycles. The maximum atomic E-state index is 15.7. The maximum absolute atomic E-state index is 15.7. The standard InChI is InChI=1S/C34H38ClF2N11O4/c1-33(2,52)11-14-47-25-16-20(6-8-23(25)44(3)32(47)51)40-28-22(35)17-38-30(42-28)46-12-9-26(34(36,37)18-46)39-19-5-7-21-24(15-19)45(4)43-29(21)48-13-10-27(49)41-31(48)50/h5-8,15-17,26,39,52H,9-14,18H2,1-4H3,(H,38,40,42)(H,41,49,50). The molecule has 2 aliphatic heterocycles. The zero-order valence-corrected chi connectivity index (χ0v) is 29.7. The lowest BCUT2D eigenvalue weighted by molar-refractivity contribution is -0.120. The van der Waals surface area contributed by atoms with E-state index in [-0.39, 0.29) is 54.3 Å². The van der Waals surface area contributed by atoms with Crippen LogP contribution in [0.15, 0.2) is 47.4 Å². The van der Waals surface area contributed by atoms with E-state index in [2.05, 4.69) is 31.0 Å². The number of carbonyl (C=O) groups excluding carboxylic acids is 2. The highest BCUT2D eigenvalue weighted by molar-refractivity contribution is 6.33. The van der Waals surface area contributed by atoms with Crippen molar-refractivity contribution in [2.45, 2.75) is 57.2 Å². The number of hydrogen-bond donors (Lipinski definition) is 4. The Kier molecular flexibility index (Phi) is 8.81. The Morgan fingerprint density at radius 2 is 1.81 bits per heavy atom. The molecule has 52 heavy (non-hydrogen) atoms. The van der Waals surface area contributed by atoms with E-state index >= 15 is 8.78 Å². The van der Waals surface area contributed by atoms with Crippen LogP contribution in [0.5, 0.6) is 0 Å². The molecule has 2 aliphatic rings. The Bertz CT molecular complexity index is 2280. The van der Waals surface area contributed by atoms with E-state index < -0.39 is 30.1 Å². The number of aliphatic hydroxyl groups is 1. The molecule has 0 radical (unpaired) electrons. The van der Waals surface area contributed by atoms with Crippen LogP contribution in [0, 0.1) is 0 Å². The third-order valence-corrected chi connectivity index (χ3v) is 9.73. The van der Waals surface area contributed by atoms with Gasteiger partial charge in [0.1, 0.15) is 5.02 Å². The number of benzene rings is 2. The van der Waals surface area contributed by atoms with Crippen molar-refractivity contribution in [3.05, 3.63) is 58.1 Å². The number of aryl methyl sites for hydroxylation is 3. The predicted octanol–water partition coefficient (Wildman–Crippen LogP) is 4.35. The Morgan fingerprint density at radius 3 is 2.54 bits per heavy atom. The molecule has 2 fully saturated rings. The first-order chi connectivity index (χ1) is 24.6. The van der Waals surface area contributed by atoms with Gasteiger partial charge in [-0.1, -0.05) is 11.6 Å². The second-order valence-corrected chi connectivity index (χ2v) is 14.3. The van der Waals surface area contributed by atoms with Crippen LogP contribution in [-0.2, 0) is 25.4 Å². The van der Waals surface area contributed by atoms with Gasteiger partial charge in [-0.2, -0.15) is 10.1 Å². The minimum atomic E-state index is -3.18. The zero-order valence-electron chi connectivity index (χ0n) is 29.0. The highest BCUT2D eigenvalue weighted by atomic mass is 35.5. The number of amides is 3. The second kappa shape index (κ2) is 13.0. The fourth-order valence-corrected chi connectivity index (χ4v) is 6.75. The van der Waals surface area contributed by atoms with Gasteiger partial charge in [0.15, 0.2) is 11.6 Å². The molecule has 0 saturated carbocycles. The predicted molar refractivity (Wildman–Crippen MR) is 194 cm³/mol. The molecular formula is C34H38ClF2N11O4.